The summed E-state index contributed by atoms with van der Waals surface area (Å²) in [5, 5.41) is 3.32. The zero-order valence-electron chi connectivity index (χ0n) is 13.6. The molecule has 1 rings (SSSR count). The van der Waals surface area contributed by atoms with Gasteiger partial charge in [0.2, 0.25) is 0 Å². The van der Waals surface area contributed by atoms with Crippen molar-refractivity contribution in [2.45, 2.75) is 39.5 Å². The number of aromatic nitrogens is 2. The molecule has 0 unspecified atom stereocenters. The fraction of sp³-hybridized carbons (Fsp3) is 0.733. The smallest absolute Gasteiger partial charge is 0.143 e. The molecule has 5 nitrogen and oxygen atoms in total. The summed E-state index contributed by atoms with van der Waals surface area (Å²) in [4.78, 5) is 9.35. The first kappa shape index (κ1) is 18.6. The van der Waals surface area contributed by atoms with Crippen molar-refractivity contribution in [1.29, 1.82) is 0 Å². The van der Waals surface area contributed by atoms with Crippen molar-refractivity contribution in [2.24, 2.45) is 0 Å². The number of hydrogen-bond acceptors (Lipinski definition) is 5. The molecule has 0 fully saturated rings. The molecule has 0 saturated heterocycles. The van der Waals surface area contributed by atoms with Gasteiger partial charge in [-0.1, -0.05) is 20.8 Å². The highest BCUT2D eigenvalue weighted by Crippen LogP contribution is 2.29. The molecule has 0 saturated carbocycles. The fourth-order valence-corrected chi connectivity index (χ4v) is 3.04. The lowest BCUT2D eigenvalue weighted by atomic mass is 9.92. The van der Waals surface area contributed by atoms with Gasteiger partial charge < -0.3 is 14.8 Å². The third-order valence-corrected chi connectivity index (χ3v) is 3.88. The van der Waals surface area contributed by atoms with Crippen LogP contribution in [0.3, 0.4) is 0 Å². The number of methoxy groups -OCH3 is 1. The summed E-state index contributed by atoms with van der Waals surface area (Å²) in [6, 6.07) is 0. The fourth-order valence-electron chi connectivity index (χ4n) is 1.79. The molecular formula is C15H26IN3O2. The number of nitrogens with zero attached hydrogens (tertiary/aromatic N) is 2. The van der Waals surface area contributed by atoms with Crippen LogP contribution in [0.5, 0.6) is 0 Å². The lowest BCUT2D eigenvalue weighted by molar-refractivity contribution is 0.0716. The van der Waals surface area contributed by atoms with Crippen LogP contribution in [0.2, 0.25) is 0 Å². The van der Waals surface area contributed by atoms with Gasteiger partial charge in [0, 0.05) is 25.5 Å². The van der Waals surface area contributed by atoms with Crippen LogP contribution in [0.25, 0.3) is 0 Å². The van der Waals surface area contributed by atoms with Crippen LogP contribution < -0.4 is 5.32 Å². The predicted octanol–water partition coefficient (Wildman–Crippen LogP) is 3.02. The van der Waals surface area contributed by atoms with E-state index in [9.17, 15) is 0 Å². The second-order valence-electron chi connectivity index (χ2n) is 5.79. The molecule has 0 radical (unpaired) electrons. The van der Waals surface area contributed by atoms with Gasteiger partial charge in [-0.2, -0.15) is 0 Å². The lowest BCUT2D eigenvalue weighted by Gasteiger charge is -2.22. The SMILES string of the molecule is CCNc1nc(CCOCCOC)nc(C(C)(C)C)c1I. The number of rotatable bonds is 8. The Balaban J connectivity index is 2.86. The summed E-state index contributed by atoms with van der Waals surface area (Å²) in [5.74, 6) is 1.75. The van der Waals surface area contributed by atoms with Gasteiger partial charge in [0.15, 0.2) is 0 Å². The van der Waals surface area contributed by atoms with Crippen LogP contribution in [0.15, 0.2) is 0 Å². The lowest BCUT2D eigenvalue weighted by Crippen LogP contribution is -2.20. The minimum atomic E-state index is -0.00467. The molecule has 1 N–H and O–H groups in total. The molecule has 0 aromatic carbocycles. The maximum atomic E-state index is 5.51. The Morgan fingerprint density at radius 2 is 1.86 bits per heavy atom. The Labute approximate surface area is 141 Å². The molecule has 1 aromatic heterocycles. The van der Waals surface area contributed by atoms with Gasteiger partial charge in [-0.15, -0.1) is 0 Å². The molecule has 21 heavy (non-hydrogen) atoms. The Kier molecular flexibility index (Phi) is 7.83. The highest BCUT2D eigenvalue weighted by molar-refractivity contribution is 14.1. The van der Waals surface area contributed by atoms with Crippen LogP contribution in [0.4, 0.5) is 5.82 Å². The molecule has 0 spiro atoms. The summed E-state index contributed by atoms with van der Waals surface area (Å²) in [6.07, 6.45) is 0.710. The molecule has 120 valence electrons. The van der Waals surface area contributed by atoms with E-state index in [-0.39, 0.29) is 5.41 Å². The molecule has 1 heterocycles. The monoisotopic (exact) mass is 407 g/mol. The van der Waals surface area contributed by atoms with Gasteiger partial charge in [-0.05, 0) is 29.5 Å². The van der Waals surface area contributed by atoms with Crippen molar-refractivity contribution in [1.82, 2.24) is 9.97 Å². The van der Waals surface area contributed by atoms with Gasteiger partial charge in [-0.25, -0.2) is 9.97 Å². The van der Waals surface area contributed by atoms with E-state index in [2.05, 4.69) is 60.6 Å². The summed E-state index contributed by atoms with van der Waals surface area (Å²) < 4.78 is 11.6. The van der Waals surface area contributed by atoms with E-state index >= 15 is 0 Å². The largest absolute Gasteiger partial charge is 0.382 e. The summed E-state index contributed by atoms with van der Waals surface area (Å²) in [5.41, 5.74) is 1.08. The summed E-state index contributed by atoms with van der Waals surface area (Å²) in [6.45, 7) is 11.3. The maximum absolute atomic E-state index is 5.51. The number of nitrogens with one attached hydrogen (secondary N) is 1. The minimum Gasteiger partial charge on any atom is -0.382 e. The third-order valence-electron chi connectivity index (χ3n) is 2.85. The Morgan fingerprint density at radius 3 is 2.43 bits per heavy atom. The van der Waals surface area contributed by atoms with Gasteiger partial charge in [0.25, 0.3) is 0 Å². The van der Waals surface area contributed by atoms with Crippen molar-refractivity contribution in [2.75, 3.05) is 38.8 Å². The van der Waals surface area contributed by atoms with Crippen molar-refractivity contribution < 1.29 is 9.47 Å². The van der Waals surface area contributed by atoms with E-state index in [1.807, 2.05) is 0 Å². The molecular weight excluding hydrogens is 381 g/mol. The Morgan fingerprint density at radius 1 is 1.14 bits per heavy atom. The molecule has 6 heteroatoms. The topological polar surface area (TPSA) is 56.3 Å². The van der Waals surface area contributed by atoms with E-state index < -0.39 is 0 Å². The van der Waals surface area contributed by atoms with E-state index in [1.54, 1.807) is 7.11 Å². The van der Waals surface area contributed by atoms with Crippen LogP contribution in [-0.2, 0) is 21.3 Å². The highest BCUT2D eigenvalue weighted by atomic mass is 127. The van der Waals surface area contributed by atoms with Crippen LogP contribution in [0.1, 0.15) is 39.2 Å². The van der Waals surface area contributed by atoms with Crippen LogP contribution >= 0.6 is 22.6 Å². The average molecular weight is 407 g/mol. The van der Waals surface area contributed by atoms with Crippen LogP contribution in [0, 0.1) is 3.57 Å². The highest BCUT2D eigenvalue weighted by Gasteiger charge is 2.22. The van der Waals surface area contributed by atoms with E-state index in [0.717, 1.165) is 27.5 Å². The van der Waals surface area contributed by atoms with Crippen molar-refractivity contribution in [3.05, 3.63) is 15.1 Å². The first-order chi connectivity index (χ1) is 9.90. The molecule has 0 bridgehead atoms. The van der Waals surface area contributed by atoms with Crippen LogP contribution in [-0.4, -0.2) is 43.4 Å². The molecule has 0 aliphatic carbocycles. The first-order valence-electron chi connectivity index (χ1n) is 7.27. The number of ether oxygens (including phenoxy) is 2. The average Bonchev–Trinajstić information content (AvgIpc) is 2.40. The normalized spacial score (nSPS) is 11.7. The first-order valence-corrected chi connectivity index (χ1v) is 8.35. The number of hydrogen-bond donors (Lipinski definition) is 1. The molecule has 0 aliphatic heterocycles. The van der Waals surface area contributed by atoms with Gasteiger partial charge >= 0.3 is 0 Å². The quantitative estimate of drug-likeness (QED) is 0.531. The van der Waals surface area contributed by atoms with Gasteiger partial charge in [0.05, 0.1) is 29.1 Å². The van der Waals surface area contributed by atoms with E-state index in [4.69, 9.17) is 14.5 Å². The molecule has 0 amide bonds. The van der Waals surface area contributed by atoms with Gasteiger partial charge in [-0.3, -0.25) is 0 Å². The maximum Gasteiger partial charge on any atom is 0.143 e. The summed E-state index contributed by atoms with van der Waals surface area (Å²) in [7, 11) is 1.67. The van der Waals surface area contributed by atoms with Crippen molar-refractivity contribution in [3.8, 4) is 0 Å². The minimum absolute atomic E-state index is 0.00467. The standard InChI is InChI=1S/C15H26IN3O2/c1-6-17-14-12(16)13(15(2,3)4)18-11(19-14)7-8-21-10-9-20-5/h6-10H2,1-5H3,(H,17,18,19). The van der Waals surface area contributed by atoms with Gasteiger partial charge in [0.1, 0.15) is 11.6 Å². The number of anilines is 1. The van der Waals surface area contributed by atoms with E-state index in [0.29, 0.717) is 26.2 Å². The Bertz CT molecular complexity index is 447. The predicted molar refractivity (Wildman–Crippen MR) is 94.0 cm³/mol. The molecule has 1 aromatic rings. The second kappa shape index (κ2) is 8.85. The van der Waals surface area contributed by atoms with E-state index in [1.165, 1.54) is 0 Å². The van der Waals surface area contributed by atoms with Crippen molar-refractivity contribution in [3.63, 3.8) is 0 Å². The summed E-state index contributed by atoms with van der Waals surface area (Å²) >= 11 is 2.33. The zero-order chi connectivity index (χ0) is 15.9. The second-order valence-corrected chi connectivity index (χ2v) is 6.87. The molecule has 0 atom stereocenters. The number of halogens is 1. The zero-order valence-corrected chi connectivity index (χ0v) is 15.8. The molecule has 0 aliphatic rings. The Hall–Kier alpha value is -0.470. The third kappa shape index (κ3) is 6.04. The van der Waals surface area contributed by atoms with Crippen molar-refractivity contribution >= 4 is 28.4 Å².